The van der Waals surface area contributed by atoms with Crippen LogP contribution in [0.15, 0.2) is 29.4 Å². The number of ether oxygens (including phenoxy) is 5. The maximum Gasteiger partial charge on any atom is 0.303 e. The standard InChI is InChI=1S/C18H20N4O10/c1-9(23)28-15-14(8-20-21-19)32-18(17(30-11(3)25)16(15)29-10(2)24)31-13-6-4-12(5-7-13)22(26)27/h4-7,14-18H,8H2,1-3H3/t14-,15+,16+,17-,18-/m1/s1. The van der Waals surface area contributed by atoms with Crippen molar-refractivity contribution in [1.82, 2.24) is 0 Å². The predicted octanol–water partition coefficient (Wildman–Crippen LogP) is 1.80. The van der Waals surface area contributed by atoms with Crippen LogP contribution in [0.2, 0.25) is 0 Å². The molecular weight excluding hydrogens is 432 g/mol. The fourth-order valence-corrected chi connectivity index (χ4v) is 2.99. The van der Waals surface area contributed by atoms with Gasteiger partial charge in [0.05, 0.1) is 11.5 Å². The molecule has 5 atom stereocenters. The molecule has 0 N–H and O–H groups in total. The van der Waals surface area contributed by atoms with Crippen molar-refractivity contribution in [3.8, 4) is 5.75 Å². The zero-order valence-electron chi connectivity index (χ0n) is 17.3. The molecular formula is C18H20N4O10. The minimum atomic E-state index is -1.41. The van der Waals surface area contributed by atoms with Crippen molar-refractivity contribution in [2.24, 2.45) is 5.11 Å². The number of nitro groups is 1. The Morgan fingerprint density at radius 2 is 1.56 bits per heavy atom. The van der Waals surface area contributed by atoms with Crippen molar-refractivity contribution in [2.75, 3.05) is 6.54 Å². The van der Waals surface area contributed by atoms with E-state index in [2.05, 4.69) is 10.0 Å². The Hall–Kier alpha value is -3.90. The lowest BCUT2D eigenvalue weighted by molar-refractivity contribution is -0.384. The average Bonchev–Trinajstić information content (AvgIpc) is 2.70. The van der Waals surface area contributed by atoms with Crippen LogP contribution in [0.3, 0.4) is 0 Å². The number of nitro benzene ring substituents is 1. The van der Waals surface area contributed by atoms with E-state index in [0.29, 0.717) is 0 Å². The molecule has 0 amide bonds. The number of hydrogen-bond donors (Lipinski definition) is 0. The van der Waals surface area contributed by atoms with Gasteiger partial charge in [-0.25, -0.2) is 0 Å². The van der Waals surface area contributed by atoms with E-state index in [0.717, 1.165) is 20.8 Å². The SMILES string of the molecule is CC(=O)O[C@H]1[C@@H](OC(C)=O)[C@@H](CN=[N+]=[N-])O[C@@H](Oc2ccc([N+](=O)[O-])cc2)[C@@H]1OC(C)=O. The molecule has 172 valence electrons. The quantitative estimate of drug-likeness (QED) is 0.107. The van der Waals surface area contributed by atoms with Crippen LogP contribution in [0.25, 0.3) is 10.4 Å². The zero-order chi connectivity index (χ0) is 23.8. The second-order valence-corrected chi connectivity index (χ2v) is 6.55. The number of rotatable bonds is 8. The Bertz CT molecular complexity index is 915. The lowest BCUT2D eigenvalue weighted by Crippen LogP contribution is -2.63. The molecule has 1 aliphatic rings. The third-order valence-corrected chi connectivity index (χ3v) is 4.12. The molecule has 0 aromatic heterocycles. The molecule has 0 spiro atoms. The van der Waals surface area contributed by atoms with Gasteiger partial charge >= 0.3 is 17.9 Å². The number of benzene rings is 1. The van der Waals surface area contributed by atoms with Crippen LogP contribution in [-0.4, -0.2) is 60.1 Å². The summed E-state index contributed by atoms with van der Waals surface area (Å²) in [5.41, 5.74) is 8.49. The van der Waals surface area contributed by atoms with Gasteiger partial charge in [-0.05, 0) is 17.7 Å². The summed E-state index contributed by atoms with van der Waals surface area (Å²) in [5, 5.41) is 14.3. The van der Waals surface area contributed by atoms with Gasteiger partial charge in [0.25, 0.3) is 5.69 Å². The smallest absolute Gasteiger partial charge is 0.303 e. The Kier molecular flexibility index (Phi) is 8.32. The molecule has 0 unspecified atom stereocenters. The highest BCUT2D eigenvalue weighted by Gasteiger charge is 2.52. The summed E-state index contributed by atoms with van der Waals surface area (Å²) in [6, 6.07) is 4.94. The molecule has 32 heavy (non-hydrogen) atoms. The minimum absolute atomic E-state index is 0.104. The zero-order valence-corrected chi connectivity index (χ0v) is 17.3. The minimum Gasteiger partial charge on any atom is -0.461 e. The molecule has 0 bridgehead atoms. The van der Waals surface area contributed by atoms with E-state index in [4.69, 9.17) is 29.2 Å². The molecule has 1 fully saturated rings. The highest BCUT2D eigenvalue weighted by molar-refractivity contribution is 5.68. The highest BCUT2D eigenvalue weighted by Crippen LogP contribution is 2.31. The Balaban J connectivity index is 2.44. The lowest BCUT2D eigenvalue weighted by atomic mass is 9.97. The molecule has 2 rings (SSSR count). The van der Waals surface area contributed by atoms with E-state index in [-0.39, 0.29) is 18.0 Å². The van der Waals surface area contributed by atoms with E-state index >= 15 is 0 Å². The van der Waals surface area contributed by atoms with Crippen molar-refractivity contribution in [2.45, 2.75) is 51.5 Å². The molecule has 1 aromatic carbocycles. The molecule has 1 heterocycles. The van der Waals surface area contributed by atoms with Gasteiger partial charge in [0, 0.05) is 37.8 Å². The second kappa shape index (κ2) is 10.9. The summed E-state index contributed by atoms with van der Waals surface area (Å²) < 4.78 is 27.2. The molecule has 1 aromatic rings. The number of nitrogens with zero attached hydrogens (tertiary/aromatic N) is 4. The van der Waals surface area contributed by atoms with Crippen LogP contribution in [0.1, 0.15) is 20.8 Å². The van der Waals surface area contributed by atoms with Crippen molar-refractivity contribution >= 4 is 23.6 Å². The largest absolute Gasteiger partial charge is 0.461 e. The number of carbonyl (C=O) groups is 3. The summed E-state index contributed by atoms with van der Waals surface area (Å²) in [7, 11) is 0. The van der Waals surface area contributed by atoms with Gasteiger partial charge in [-0.3, -0.25) is 24.5 Å². The summed E-state index contributed by atoms with van der Waals surface area (Å²) in [6.45, 7) is 2.97. The van der Waals surface area contributed by atoms with Crippen LogP contribution in [0.4, 0.5) is 5.69 Å². The predicted molar refractivity (Wildman–Crippen MR) is 103 cm³/mol. The van der Waals surface area contributed by atoms with Gasteiger partial charge in [0.2, 0.25) is 12.4 Å². The third kappa shape index (κ3) is 6.55. The van der Waals surface area contributed by atoms with Crippen molar-refractivity contribution < 1.29 is 43.0 Å². The third-order valence-electron chi connectivity index (χ3n) is 4.12. The molecule has 14 heteroatoms. The molecule has 1 aliphatic heterocycles. The van der Waals surface area contributed by atoms with Gasteiger partial charge in [0.15, 0.2) is 12.2 Å². The van der Waals surface area contributed by atoms with E-state index in [9.17, 15) is 24.5 Å². The summed E-state index contributed by atoms with van der Waals surface area (Å²) in [4.78, 5) is 48.0. The molecule has 0 radical (unpaired) electrons. The number of non-ortho nitro benzene ring substituents is 1. The van der Waals surface area contributed by atoms with Crippen LogP contribution in [-0.2, 0) is 33.3 Å². The molecule has 1 saturated heterocycles. The van der Waals surface area contributed by atoms with Crippen LogP contribution in [0.5, 0.6) is 5.75 Å². The van der Waals surface area contributed by atoms with E-state index in [1.165, 1.54) is 24.3 Å². The van der Waals surface area contributed by atoms with Gasteiger partial charge in [-0.15, -0.1) is 0 Å². The maximum absolute atomic E-state index is 11.7. The number of carbonyl (C=O) groups excluding carboxylic acids is 3. The fourth-order valence-electron chi connectivity index (χ4n) is 2.99. The topological polar surface area (TPSA) is 189 Å². The van der Waals surface area contributed by atoms with Gasteiger partial charge in [-0.2, -0.15) is 0 Å². The fraction of sp³-hybridized carbons (Fsp3) is 0.500. The first-order chi connectivity index (χ1) is 15.1. The Morgan fingerprint density at radius 3 is 2.06 bits per heavy atom. The van der Waals surface area contributed by atoms with Crippen LogP contribution in [0, 0.1) is 10.1 Å². The lowest BCUT2D eigenvalue weighted by Gasteiger charge is -2.43. The Labute approximate surface area is 181 Å². The summed E-state index contributed by atoms with van der Waals surface area (Å²) in [6.07, 6.45) is -6.58. The molecule has 0 saturated carbocycles. The monoisotopic (exact) mass is 452 g/mol. The second-order valence-electron chi connectivity index (χ2n) is 6.55. The van der Waals surface area contributed by atoms with Crippen molar-refractivity contribution in [1.29, 1.82) is 0 Å². The van der Waals surface area contributed by atoms with Crippen LogP contribution >= 0.6 is 0 Å². The maximum atomic E-state index is 11.7. The van der Waals surface area contributed by atoms with E-state index < -0.39 is 53.5 Å². The van der Waals surface area contributed by atoms with Gasteiger partial charge in [0.1, 0.15) is 11.9 Å². The number of esters is 3. The van der Waals surface area contributed by atoms with Crippen molar-refractivity contribution in [3.63, 3.8) is 0 Å². The molecule has 0 aliphatic carbocycles. The summed E-state index contributed by atoms with van der Waals surface area (Å²) >= 11 is 0. The molecule has 14 nitrogen and oxygen atoms in total. The van der Waals surface area contributed by atoms with Crippen LogP contribution < -0.4 is 4.74 Å². The first-order valence-electron chi connectivity index (χ1n) is 9.21. The number of azide groups is 1. The number of hydrogen-bond acceptors (Lipinski definition) is 11. The van der Waals surface area contributed by atoms with Gasteiger partial charge < -0.3 is 23.7 Å². The van der Waals surface area contributed by atoms with Gasteiger partial charge in [-0.1, -0.05) is 5.11 Å². The van der Waals surface area contributed by atoms with E-state index in [1.807, 2.05) is 0 Å². The normalized spacial score (nSPS) is 24.4. The Morgan fingerprint density at radius 1 is 1.03 bits per heavy atom. The van der Waals surface area contributed by atoms with E-state index in [1.54, 1.807) is 0 Å². The first kappa shape index (κ1) is 24.4. The first-order valence-corrected chi connectivity index (χ1v) is 9.21. The highest BCUT2D eigenvalue weighted by atomic mass is 16.7. The average molecular weight is 452 g/mol. The van der Waals surface area contributed by atoms with Crippen molar-refractivity contribution in [3.05, 3.63) is 44.8 Å². The summed E-state index contributed by atoms with van der Waals surface area (Å²) in [5.74, 6) is -2.20.